The number of ether oxygens (including phenoxy) is 1. The van der Waals surface area contributed by atoms with Crippen LogP contribution in [0.15, 0.2) is 42.5 Å². The molecule has 0 saturated carbocycles. The second kappa shape index (κ2) is 4.67. The molecule has 0 aromatic heterocycles. The second-order valence-electron chi connectivity index (χ2n) is 3.73. The van der Waals surface area contributed by atoms with Crippen molar-refractivity contribution in [3.05, 3.63) is 48.0 Å². The molecule has 18 heavy (non-hydrogen) atoms. The molecule has 0 spiro atoms. The molecule has 5 heteroatoms. The third kappa shape index (κ3) is 2.52. The van der Waals surface area contributed by atoms with Gasteiger partial charge >= 0.3 is 5.97 Å². The Hall–Kier alpha value is -2.69. The minimum atomic E-state index is -1.00. The van der Waals surface area contributed by atoms with Gasteiger partial charge in [0.1, 0.15) is 11.5 Å². The molecule has 5 N–H and O–H groups in total. The number of benzene rings is 2. The highest BCUT2D eigenvalue weighted by atomic mass is 16.5. The average molecular weight is 244 g/mol. The van der Waals surface area contributed by atoms with Crippen LogP contribution in [-0.2, 0) is 0 Å². The first-order valence-corrected chi connectivity index (χ1v) is 5.22. The van der Waals surface area contributed by atoms with Crippen molar-refractivity contribution in [1.29, 1.82) is 0 Å². The predicted molar refractivity (Wildman–Crippen MR) is 68.7 cm³/mol. The highest BCUT2D eigenvalue weighted by Crippen LogP contribution is 2.26. The van der Waals surface area contributed by atoms with E-state index in [1.807, 2.05) is 0 Å². The fourth-order valence-corrected chi connectivity index (χ4v) is 1.45. The highest BCUT2D eigenvalue weighted by Gasteiger charge is 2.05. The van der Waals surface area contributed by atoms with E-state index in [-0.39, 0.29) is 5.56 Å². The van der Waals surface area contributed by atoms with Crippen molar-refractivity contribution in [2.75, 3.05) is 11.5 Å². The number of hydrogen-bond donors (Lipinski definition) is 3. The van der Waals surface area contributed by atoms with E-state index in [0.29, 0.717) is 22.9 Å². The summed E-state index contributed by atoms with van der Waals surface area (Å²) in [4.78, 5) is 10.8. The van der Waals surface area contributed by atoms with Gasteiger partial charge in [-0.25, -0.2) is 4.79 Å². The van der Waals surface area contributed by atoms with E-state index in [1.54, 1.807) is 30.3 Å². The first-order chi connectivity index (χ1) is 8.56. The van der Waals surface area contributed by atoms with E-state index in [0.717, 1.165) is 0 Å². The van der Waals surface area contributed by atoms with E-state index < -0.39 is 5.97 Å². The number of carboxylic acid groups (broad SMARTS) is 1. The Morgan fingerprint density at radius 2 is 1.72 bits per heavy atom. The van der Waals surface area contributed by atoms with Crippen LogP contribution in [0.3, 0.4) is 0 Å². The monoisotopic (exact) mass is 244 g/mol. The lowest BCUT2D eigenvalue weighted by Crippen LogP contribution is -1.97. The number of hydrogen-bond acceptors (Lipinski definition) is 4. The summed E-state index contributed by atoms with van der Waals surface area (Å²) in [6.07, 6.45) is 0. The number of anilines is 2. The maximum atomic E-state index is 10.8. The third-order valence-corrected chi connectivity index (χ3v) is 2.37. The Morgan fingerprint density at radius 3 is 2.39 bits per heavy atom. The maximum Gasteiger partial charge on any atom is 0.335 e. The molecule has 92 valence electrons. The zero-order valence-corrected chi connectivity index (χ0v) is 9.46. The molecule has 0 aliphatic rings. The Labute approximate surface area is 104 Å². The van der Waals surface area contributed by atoms with E-state index in [2.05, 4.69) is 0 Å². The number of carbonyl (C=O) groups is 1. The molecule has 0 aliphatic heterocycles. The first kappa shape index (κ1) is 11.8. The molecule has 0 radical (unpaired) electrons. The fourth-order valence-electron chi connectivity index (χ4n) is 1.45. The van der Waals surface area contributed by atoms with Crippen LogP contribution in [-0.4, -0.2) is 11.1 Å². The van der Waals surface area contributed by atoms with Gasteiger partial charge in [0.25, 0.3) is 0 Å². The summed E-state index contributed by atoms with van der Waals surface area (Å²) in [5.74, 6) is -0.0689. The molecular formula is C13H12N2O3. The predicted octanol–water partition coefficient (Wildman–Crippen LogP) is 2.34. The number of aromatic carboxylic acids is 1. The van der Waals surface area contributed by atoms with Crippen molar-refractivity contribution in [1.82, 2.24) is 0 Å². The second-order valence-corrected chi connectivity index (χ2v) is 3.73. The quantitative estimate of drug-likeness (QED) is 0.720. The van der Waals surface area contributed by atoms with Crippen LogP contribution in [0.4, 0.5) is 11.4 Å². The Morgan fingerprint density at radius 1 is 1.00 bits per heavy atom. The average Bonchev–Trinajstić information content (AvgIpc) is 2.34. The van der Waals surface area contributed by atoms with Crippen LogP contribution < -0.4 is 16.2 Å². The zero-order chi connectivity index (χ0) is 13.1. The summed E-state index contributed by atoms with van der Waals surface area (Å²) in [5, 5.41) is 8.86. The number of nitrogen functional groups attached to an aromatic ring is 2. The molecule has 0 saturated heterocycles. The Bertz CT molecular complexity index is 597. The summed E-state index contributed by atoms with van der Waals surface area (Å²) in [6.45, 7) is 0. The SMILES string of the molecule is Nc1ccc(Oc2cccc(C(=O)O)c2)cc1N. The molecule has 0 atom stereocenters. The summed E-state index contributed by atoms with van der Waals surface area (Å²) >= 11 is 0. The lowest BCUT2D eigenvalue weighted by Gasteiger charge is -2.08. The van der Waals surface area contributed by atoms with Gasteiger partial charge in [-0.05, 0) is 30.3 Å². The summed E-state index contributed by atoms with van der Waals surface area (Å²) < 4.78 is 5.51. The van der Waals surface area contributed by atoms with E-state index in [1.165, 1.54) is 12.1 Å². The van der Waals surface area contributed by atoms with Crippen molar-refractivity contribution in [3.8, 4) is 11.5 Å². The number of carboxylic acids is 1. The van der Waals surface area contributed by atoms with Gasteiger partial charge in [0.05, 0.1) is 16.9 Å². The van der Waals surface area contributed by atoms with Gasteiger partial charge < -0.3 is 21.3 Å². The number of nitrogens with two attached hydrogens (primary N) is 2. The van der Waals surface area contributed by atoms with E-state index >= 15 is 0 Å². The molecule has 2 aromatic rings. The van der Waals surface area contributed by atoms with Gasteiger partial charge in [0.2, 0.25) is 0 Å². The Kier molecular flexibility index (Phi) is 3.05. The molecule has 0 fully saturated rings. The standard InChI is InChI=1S/C13H12N2O3/c14-11-5-4-10(7-12(11)15)18-9-3-1-2-8(6-9)13(16)17/h1-7H,14-15H2,(H,16,17). The molecule has 0 amide bonds. The Balaban J connectivity index is 2.25. The normalized spacial score (nSPS) is 10.0. The first-order valence-electron chi connectivity index (χ1n) is 5.22. The molecule has 2 aromatic carbocycles. The number of rotatable bonds is 3. The minimum Gasteiger partial charge on any atom is -0.478 e. The van der Waals surface area contributed by atoms with Crippen molar-refractivity contribution in [2.24, 2.45) is 0 Å². The van der Waals surface area contributed by atoms with E-state index in [9.17, 15) is 4.79 Å². The highest BCUT2D eigenvalue weighted by molar-refractivity contribution is 5.88. The van der Waals surface area contributed by atoms with Crippen LogP contribution in [0.5, 0.6) is 11.5 Å². The smallest absolute Gasteiger partial charge is 0.335 e. The van der Waals surface area contributed by atoms with Crippen molar-refractivity contribution in [3.63, 3.8) is 0 Å². The molecule has 0 unspecified atom stereocenters. The molecule has 0 heterocycles. The van der Waals surface area contributed by atoms with Crippen LogP contribution >= 0.6 is 0 Å². The zero-order valence-electron chi connectivity index (χ0n) is 9.46. The maximum absolute atomic E-state index is 10.8. The van der Waals surface area contributed by atoms with Gasteiger partial charge in [-0.3, -0.25) is 0 Å². The molecule has 5 nitrogen and oxygen atoms in total. The summed E-state index contributed by atoms with van der Waals surface area (Å²) in [5.41, 5.74) is 12.3. The lowest BCUT2D eigenvalue weighted by molar-refractivity contribution is 0.0696. The molecule has 0 bridgehead atoms. The lowest BCUT2D eigenvalue weighted by atomic mass is 10.2. The fraction of sp³-hybridized carbons (Fsp3) is 0. The van der Waals surface area contributed by atoms with Crippen LogP contribution in [0.1, 0.15) is 10.4 Å². The van der Waals surface area contributed by atoms with Crippen LogP contribution in [0.25, 0.3) is 0 Å². The molecule has 0 aliphatic carbocycles. The van der Waals surface area contributed by atoms with Crippen LogP contribution in [0, 0.1) is 0 Å². The van der Waals surface area contributed by atoms with Crippen LogP contribution in [0.2, 0.25) is 0 Å². The van der Waals surface area contributed by atoms with E-state index in [4.69, 9.17) is 21.3 Å². The summed E-state index contributed by atoms with van der Waals surface area (Å²) in [7, 11) is 0. The largest absolute Gasteiger partial charge is 0.478 e. The van der Waals surface area contributed by atoms with Crippen molar-refractivity contribution < 1.29 is 14.6 Å². The van der Waals surface area contributed by atoms with Gasteiger partial charge in [-0.15, -0.1) is 0 Å². The minimum absolute atomic E-state index is 0.163. The van der Waals surface area contributed by atoms with Crippen molar-refractivity contribution >= 4 is 17.3 Å². The summed E-state index contributed by atoms with van der Waals surface area (Å²) in [6, 6.07) is 11.1. The third-order valence-electron chi connectivity index (χ3n) is 2.37. The van der Waals surface area contributed by atoms with Crippen molar-refractivity contribution in [2.45, 2.75) is 0 Å². The molecular weight excluding hydrogens is 232 g/mol. The van der Waals surface area contributed by atoms with Gasteiger partial charge in [-0.1, -0.05) is 6.07 Å². The molecule has 2 rings (SSSR count). The van der Waals surface area contributed by atoms with Gasteiger partial charge in [0.15, 0.2) is 0 Å². The van der Waals surface area contributed by atoms with Gasteiger partial charge in [-0.2, -0.15) is 0 Å². The van der Waals surface area contributed by atoms with Gasteiger partial charge in [0, 0.05) is 6.07 Å². The topological polar surface area (TPSA) is 98.6 Å².